The van der Waals surface area contributed by atoms with Crippen molar-refractivity contribution in [3.05, 3.63) is 29.3 Å². The van der Waals surface area contributed by atoms with Gasteiger partial charge in [0.2, 0.25) is 11.8 Å². The fraction of sp³-hybridized carbons (Fsp3) is 0.357. The van der Waals surface area contributed by atoms with E-state index in [-0.39, 0.29) is 23.3 Å². The SMILES string of the molecule is Cc1ccc(C(=O)O)cc1N1C(=O)CC(C)CC1=O. The molecule has 5 nitrogen and oxygen atoms in total. The number of carbonyl (C=O) groups excluding carboxylic acids is 2. The summed E-state index contributed by atoms with van der Waals surface area (Å²) < 4.78 is 0. The number of hydrogen-bond donors (Lipinski definition) is 1. The van der Waals surface area contributed by atoms with Crippen LogP contribution in [0.2, 0.25) is 0 Å². The van der Waals surface area contributed by atoms with Crippen LogP contribution in [0.25, 0.3) is 0 Å². The Hall–Kier alpha value is -2.17. The van der Waals surface area contributed by atoms with Gasteiger partial charge >= 0.3 is 5.97 Å². The first kappa shape index (κ1) is 13.3. The van der Waals surface area contributed by atoms with Gasteiger partial charge in [0.1, 0.15) is 0 Å². The average Bonchev–Trinajstić information content (AvgIpc) is 2.29. The number of aromatic carboxylic acids is 1. The number of carbonyl (C=O) groups is 3. The van der Waals surface area contributed by atoms with Crippen molar-refractivity contribution < 1.29 is 19.5 Å². The molecule has 1 fully saturated rings. The van der Waals surface area contributed by atoms with Crippen LogP contribution in [0.4, 0.5) is 5.69 Å². The standard InChI is InChI=1S/C14H15NO4/c1-8-5-12(16)15(13(17)6-8)11-7-10(14(18)19)4-3-9(11)2/h3-4,7-8H,5-6H2,1-2H3,(H,18,19). The number of aryl methyl sites for hydroxylation is 1. The minimum atomic E-state index is -1.08. The van der Waals surface area contributed by atoms with Gasteiger partial charge in [-0.15, -0.1) is 0 Å². The van der Waals surface area contributed by atoms with E-state index in [2.05, 4.69) is 0 Å². The van der Waals surface area contributed by atoms with E-state index < -0.39 is 5.97 Å². The molecule has 0 unspecified atom stereocenters. The third kappa shape index (κ3) is 2.50. The summed E-state index contributed by atoms with van der Waals surface area (Å²) in [5.41, 5.74) is 1.16. The number of amides is 2. The average molecular weight is 261 g/mol. The second-order valence-corrected chi connectivity index (χ2v) is 4.94. The molecule has 19 heavy (non-hydrogen) atoms. The van der Waals surface area contributed by atoms with Gasteiger partial charge in [0, 0.05) is 12.8 Å². The molecular weight excluding hydrogens is 246 g/mol. The molecule has 100 valence electrons. The molecular formula is C14H15NO4. The topological polar surface area (TPSA) is 74.7 Å². The highest BCUT2D eigenvalue weighted by Gasteiger charge is 2.32. The number of carboxylic acids is 1. The zero-order chi connectivity index (χ0) is 14.2. The molecule has 0 saturated carbocycles. The summed E-state index contributed by atoms with van der Waals surface area (Å²) in [6.07, 6.45) is 0.616. The molecule has 0 aliphatic carbocycles. The van der Waals surface area contributed by atoms with E-state index in [4.69, 9.17) is 5.11 Å². The Balaban J connectivity index is 2.45. The molecule has 0 spiro atoms. The molecule has 1 saturated heterocycles. The number of nitrogens with zero attached hydrogens (tertiary/aromatic N) is 1. The van der Waals surface area contributed by atoms with Crippen LogP contribution in [0, 0.1) is 12.8 Å². The molecule has 1 aromatic carbocycles. The summed E-state index contributed by atoms with van der Waals surface area (Å²) in [4.78, 5) is 36.1. The largest absolute Gasteiger partial charge is 0.478 e. The highest BCUT2D eigenvalue weighted by atomic mass is 16.4. The molecule has 2 amide bonds. The maximum atomic E-state index is 12.0. The number of carboxylic acid groups (broad SMARTS) is 1. The minimum absolute atomic E-state index is 0.0409. The van der Waals surface area contributed by atoms with E-state index in [0.29, 0.717) is 24.1 Å². The van der Waals surface area contributed by atoms with Crippen molar-refractivity contribution >= 4 is 23.5 Å². The molecule has 1 aromatic rings. The van der Waals surface area contributed by atoms with Gasteiger partial charge in [-0.3, -0.25) is 14.5 Å². The fourth-order valence-electron chi connectivity index (χ4n) is 2.24. The van der Waals surface area contributed by atoms with Crippen molar-refractivity contribution in [2.75, 3.05) is 4.90 Å². The predicted molar refractivity (Wildman–Crippen MR) is 69.0 cm³/mol. The minimum Gasteiger partial charge on any atom is -0.478 e. The van der Waals surface area contributed by atoms with Crippen molar-refractivity contribution in [2.45, 2.75) is 26.7 Å². The molecule has 5 heteroatoms. The maximum absolute atomic E-state index is 12.0. The number of rotatable bonds is 2. The van der Waals surface area contributed by atoms with Gasteiger partial charge in [0.25, 0.3) is 0 Å². The Morgan fingerprint density at radius 1 is 1.26 bits per heavy atom. The third-order valence-corrected chi connectivity index (χ3v) is 3.24. The monoisotopic (exact) mass is 261 g/mol. The summed E-state index contributed by atoms with van der Waals surface area (Å²) >= 11 is 0. The van der Waals surface area contributed by atoms with Gasteiger partial charge in [-0.25, -0.2) is 4.79 Å². The lowest BCUT2D eigenvalue weighted by Crippen LogP contribution is -2.43. The number of benzene rings is 1. The second kappa shape index (κ2) is 4.84. The Bertz CT molecular complexity index is 547. The highest BCUT2D eigenvalue weighted by molar-refractivity contribution is 6.17. The molecule has 0 radical (unpaired) electrons. The number of imide groups is 1. The van der Waals surface area contributed by atoms with Crippen molar-refractivity contribution in [2.24, 2.45) is 5.92 Å². The summed E-state index contributed by atoms with van der Waals surface area (Å²) in [6.45, 7) is 3.60. The molecule has 1 aliphatic heterocycles. The molecule has 0 atom stereocenters. The molecule has 1 aliphatic rings. The van der Waals surface area contributed by atoms with E-state index in [9.17, 15) is 14.4 Å². The van der Waals surface area contributed by atoms with Crippen LogP contribution in [0.15, 0.2) is 18.2 Å². The van der Waals surface area contributed by atoms with Crippen molar-refractivity contribution in [1.29, 1.82) is 0 Å². The molecule has 1 N–H and O–H groups in total. The third-order valence-electron chi connectivity index (χ3n) is 3.24. The lowest BCUT2D eigenvalue weighted by atomic mass is 9.96. The van der Waals surface area contributed by atoms with Crippen LogP contribution in [-0.2, 0) is 9.59 Å². The zero-order valence-corrected chi connectivity index (χ0v) is 10.8. The fourth-order valence-corrected chi connectivity index (χ4v) is 2.24. The van der Waals surface area contributed by atoms with Crippen LogP contribution < -0.4 is 4.90 Å². The van der Waals surface area contributed by atoms with Gasteiger partial charge < -0.3 is 5.11 Å². The first-order valence-electron chi connectivity index (χ1n) is 6.10. The van der Waals surface area contributed by atoms with Gasteiger partial charge in [-0.1, -0.05) is 13.0 Å². The van der Waals surface area contributed by atoms with Crippen molar-refractivity contribution in [3.8, 4) is 0 Å². The lowest BCUT2D eigenvalue weighted by Gasteiger charge is -2.29. The second-order valence-electron chi connectivity index (χ2n) is 4.94. The van der Waals surface area contributed by atoms with Crippen LogP contribution in [-0.4, -0.2) is 22.9 Å². The quantitative estimate of drug-likeness (QED) is 0.826. The zero-order valence-electron chi connectivity index (χ0n) is 10.8. The van der Waals surface area contributed by atoms with E-state index in [1.54, 1.807) is 13.0 Å². The van der Waals surface area contributed by atoms with E-state index >= 15 is 0 Å². The molecule has 0 aromatic heterocycles. The van der Waals surface area contributed by atoms with Gasteiger partial charge in [0.15, 0.2) is 0 Å². The molecule has 0 bridgehead atoms. The Kier molecular flexibility index (Phi) is 3.38. The highest BCUT2D eigenvalue weighted by Crippen LogP contribution is 2.28. The van der Waals surface area contributed by atoms with Crippen LogP contribution >= 0.6 is 0 Å². The first-order valence-corrected chi connectivity index (χ1v) is 6.10. The number of piperidine rings is 1. The summed E-state index contributed by atoms with van der Waals surface area (Å²) in [7, 11) is 0. The van der Waals surface area contributed by atoms with Gasteiger partial charge in [-0.2, -0.15) is 0 Å². The van der Waals surface area contributed by atoms with Crippen LogP contribution in [0.1, 0.15) is 35.7 Å². The first-order chi connectivity index (χ1) is 8.90. The lowest BCUT2D eigenvalue weighted by molar-refractivity contribution is -0.130. The molecule has 1 heterocycles. The van der Waals surface area contributed by atoms with E-state index in [1.807, 2.05) is 6.92 Å². The number of anilines is 1. The van der Waals surface area contributed by atoms with Crippen molar-refractivity contribution in [1.82, 2.24) is 0 Å². The molecule has 2 rings (SSSR count). The van der Waals surface area contributed by atoms with E-state index in [0.717, 1.165) is 4.90 Å². The smallest absolute Gasteiger partial charge is 0.335 e. The summed E-state index contributed by atoms with van der Waals surface area (Å²) in [5.74, 6) is -1.57. The Labute approximate surface area is 110 Å². The maximum Gasteiger partial charge on any atom is 0.335 e. The number of hydrogen-bond acceptors (Lipinski definition) is 3. The van der Waals surface area contributed by atoms with Crippen molar-refractivity contribution in [3.63, 3.8) is 0 Å². The van der Waals surface area contributed by atoms with E-state index in [1.165, 1.54) is 12.1 Å². The van der Waals surface area contributed by atoms with Gasteiger partial charge in [-0.05, 0) is 30.5 Å². The van der Waals surface area contributed by atoms with Gasteiger partial charge in [0.05, 0.1) is 11.3 Å². The normalized spacial score (nSPS) is 16.8. The summed E-state index contributed by atoms with van der Waals surface area (Å²) in [6, 6.07) is 4.45. The predicted octanol–water partition coefficient (Wildman–Crippen LogP) is 1.98. The summed E-state index contributed by atoms with van der Waals surface area (Å²) in [5, 5.41) is 8.98. The van der Waals surface area contributed by atoms with Crippen LogP contribution in [0.5, 0.6) is 0 Å². The Morgan fingerprint density at radius 2 is 1.84 bits per heavy atom. The Morgan fingerprint density at radius 3 is 2.37 bits per heavy atom. The van der Waals surface area contributed by atoms with Crippen LogP contribution in [0.3, 0.4) is 0 Å².